The van der Waals surface area contributed by atoms with E-state index in [0.717, 1.165) is 5.56 Å². The highest BCUT2D eigenvalue weighted by Gasteiger charge is 2.02. The van der Waals surface area contributed by atoms with Crippen molar-refractivity contribution >= 4 is 5.78 Å². The molecular formula is C9H9N3O. The minimum atomic E-state index is -0.151. The lowest BCUT2D eigenvalue weighted by molar-refractivity contribution is 0.100. The van der Waals surface area contributed by atoms with Crippen LogP contribution < -0.4 is 0 Å². The second kappa shape index (κ2) is 4.28. The van der Waals surface area contributed by atoms with Crippen LogP contribution in [0.5, 0.6) is 0 Å². The van der Waals surface area contributed by atoms with Gasteiger partial charge in [0.2, 0.25) is 0 Å². The molecule has 0 amide bonds. The van der Waals surface area contributed by atoms with Crippen molar-refractivity contribution in [2.24, 2.45) is 5.11 Å². The minimum Gasteiger partial charge on any atom is -0.294 e. The van der Waals surface area contributed by atoms with Gasteiger partial charge in [-0.2, -0.15) is 0 Å². The van der Waals surface area contributed by atoms with Crippen molar-refractivity contribution in [1.29, 1.82) is 0 Å². The number of carbonyl (C=O) groups is 1. The third kappa shape index (κ3) is 2.61. The van der Waals surface area contributed by atoms with Crippen LogP contribution in [0.25, 0.3) is 10.4 Å². The van der Waals surface area contributed by atoms with E-state index in [0.29, 0.717) is 5.56 Å². The van der Waals surface area contributed by atoms with Gasteiger partial charge < -0.3 is 0 Å². The number of Topliss-reactive ketones (excluding diaryl/α,β-unsaturated/α-hetero) is 1. The molecule has 0 saturated heterocycles. The van der Waals surface area contributed by atoms with Crippen molar-refractivity contribution in [2.75, 3.05) is 6.54 Å². The first-order valence-electron chi connectivity index (χ1n) is 3.85. The molecule has 0 aliphatic heterocycles. The molecule has 0 radical (unpaired) electrons. The van der Waals surface area contributed by atoms with Crippen LogP contribution in [0.1, 0.15) is 15.9 Å². The summed E-state index contributed by atoms with van der Waals surface area (Å²) in [5, 5.41) is 3.21. The maximum absolute atomic E-state index is 11.3. The Kier molecular flexibility index (Phi) is 3.06. The van der Waals surface area contributed by atoms with Crippen molar-refractivity contribution in [3.63, 3.8) is 0 Å². The summed E-state index contributed by atoms with van der Waals surface area (Å²) in [7, 11) is 0. The zero-order chi connectivity index (χ0) is 9.68. The fraction of sp³-hybridized carbons (Fsp3) is 0.222. The summed E-state index contributed by atoms with van der Waals surface area (Å²) in [6.45, 7) is 1.80. The summed E-state index contributed by atoms with van der Waals surface area (Å²) in [5.41, 5.74) is 9.63. The monoisotopic (exact) mass is 175 g/mol. The van der Waals surface area contributed by atoms with E-state index in [1.165, 1.54) is 0 Å². The highest BCUT2D eigenvalue weighted by molar-refractivity contribution is 5.97. The van der Waals surface area contributed by atoms with Crippen LogP contribution in [0.2, 0.25) is 0 Å². The van der Waals surface area contributed by atoms with Gasteiger partial charge in [-0.25, -0.2) is 0 Å². The maximum atomic E-state index is 11.3. The number of carbonyl (C=O) groups excluding carboxylic acids is 1. The van der Waals surface area contributed by atoms with E-state index in [2.05, 4.69) is 10.0 Å². The fourth-order valence-corrected chi connectivity index (χ4v) is 1.01. The third-order valence-corrected chi connectivity index (χ3v) is 1.62. The number of benzene rings is 1. The lowest BCUT2D eigenvalue weighted by Gasteiger charge is -1.97. The summed E-state index contributed by atoms with van der Waals surface area (Å²) >= 11 is 0. The number of rotatable bonds is 3. The van der Waals surface area contributed by atoms with Gasteiger partial charge in [0.25, 0.3) is 0 Å². The van der Waals surface area contributed by atoms with Crippen LogP contribution >= 0.6 is 0 Å². The van der Waals surface area contributed by atoms with Gasteiger partial charge >= 0.3 is 0 Å². The van der Waals surface area contributed by atoms with Gasteiger partial charge in [-0.05, 0) is 18.5 Å². The van der Waals surface area contributed by atoms with Gasteiger partial charge in [0.05, 0.1) is 6.54 Å². The van der Waals surface area contributed by atoms with E-state index < -0.39 is 0 Å². The molecule has 4 heteroatoms. The second-order valence-corrected chi connectivity index (χ2v) is 2.68. The summed E-state index contributed by atoms with van der Waals surface area (Å²) in [6, 6.07) is 7.19. The lowest BCUT2D eigenvalue weighted by Crippen LogP contribution is -2.02. The van der Waals surface area contributed by atoms with Gasteiger partial charge in [0, 0.05) is 10.5 Å². The number of aryl methyl sites for hydroxylation is 1. The highest BCUT2D eigenvalue weighted by Crippen LogP contribution is 2.04. The first-order valence-corrected chi connectivity index (χ1v) is 3.85. The number of hydrogen-bond donors (Lipinski definition) is 0. The Hall–Kier alpha value is -1.80. The normalized spacial score (nSPS) is 9.00. The van der Waals surface area contributed by atoms with E-state index in [4.69, 9.17) is 5.53 Å². The summed E-state index contributed by atoms with van der Waals surface area (Å²) in [5.74, 6) is -0.151. The summed E-state index contributed by atoms with van der Waals surface area (Å²) in [4.78, 5) is 13.8. The Bertz CT molecular complexity index is 367. The predicted octanol–water partition coefficient (Wildman–Crippen LogP) is 2.49. The molecule has 0 spiro atoms. The molecule has 13 heavy (non-hydrogen) atoms. The molecule has 0 unspecified atom stereocenters. The fourth-order valence-electron chi connectivity index (χ4n) is 1.01. The first kappa shape index (κ1) is 9.29. The smallest absolute Gasteiger partial charge is 0.168 e. The Labute approximate surface area is 75.8 Å². The second-order valence-electron chi connectivity index (χ2n) is 2.68. The van der Waals surface area contributed by atoms with Crippen LogP contribution in [0.3, 0.4) is 0 Å². The summed E-state index contributed by atoms with van der Waals surface area (Å²) < 4.78 is 0. The SMILES string of the molecule is Cc1cccc(C(=O)CN=[N+]=[N-])c1. The Morgan fingerprint density at radius 3 is 3.00 bits per heavy atom. The molecule has 1 rings (SSSR count). The van der Waals surface area contributed by atoms with Crippen molar-refractivity contribution in [3.05, 3.63) is 45.8 Å². The van der Waals surface area contributed by atoms with Crippen LogP contribution in [0.15, 0.2) is 29.4 Å². The van der Waals surface area contributed by atoms with E-state index in [1.54, 1.807) is 18.2 Å². The molecule has 1 aromatic carbocycles. The molecule has 0 bridgehead atoms. The van der Waals surface area contributed by atoms with Crippen molar-refractivity contribution in [1.82, 2.24) is 0 Å². The highest BCUT2D eigenvalue weighted by atomic mass is 16.1. The van der Waals surface area contributed by atoms with Crippen LogP contribution in [-0.4, -0.2) is 12.3 Å². The van der Waals surface area contributed by atoms with Gasteiger partial charge in [-0.1, -0.05) is 28.9 Å². The molecule has 0 N–H and O–H groups in total. The zero-order valence-electron chi connectivity index (χ0n) is 7.27. The van der Waals surface area contributed by atoms with Crippen molar-refractivity contribution in [2.45, 2.75) is 6.92 Å². The lowest BCUT2D eigenvalue weighted by atomic mass is 10.1. The molecule has 0 fully saturated rings. The largest absolute Gasteiger partial charge is 0.294 e. The Morgan fingerprint density at radius 2 is 2.38 bits per heavy atom. The molecule has 0 aliphatic carbocycles. The van der Waals surface area contributed by atoms with Gasteiger partial charge in [-0.15, -0.1) is 0 Å². The molecule has 4 nitrogen and oxygen atoms in total. The standard InChI is InChI=1S/C9H9N3O/c1-7-3-2-4-8(5-7)9(13)6-11-12-10/h2-5H,6H2,1H3. The number of nitrogens with zero attached hydrogens (tertiary/aromatic N) is 3. The van der Waals surface area contributed by atoms with Gasteiger partial charge in [0.1, 0.15) is 0 Å². The number of hydrogen-bond acceptors (Lipinski definition) is 2. The van der Waals surface area contributed by atoms with Crippen LogP contribution in [0.4, 0.5) is 0 Å². The average Bonchev–Trinajstić information content (AvgIpc) is 2.14. The molecule has 0 aromatic heterocycles. The molecule has 0 heterocycles. The molecule has 0 aliphatic rings. The third-order valence-electron chi connectivity index (χ3n) is 1.62. The Morgan fingerprint density at radius 1 is 1.62 bits per heavy atom. The predicted molar refractivity (Wildman–Crippen MR) is 49.5 cm³/mol. The van der Waals surface area contributed by atoms with Gasteiger partial charge in [-0.3, -0.25) is 4.79 Å². The van der Waals surface area contributed by atoms with E-state index in [9.17, 15) is 4.79 Å². The Balaban J connectivity index is 2.82. The quantitative estimate of drug-likeness (QED) is 0.301. The van der Waals surface area contributed by atoms with Crippen molar-refractivity contribution in [3.8, 4) is 0 Å². The zero-order valence-corrected chi connectivity index (χ0v) is 7.27. The molecular weight excluding hydrogens is 166 g/mol. The van der Waals surface area contributed by atoms with E-state index in [1.807, 2.05) is 13.0 Å². The average molecular weight is 175 g/mol. The van der Waals surface area contributed by atoms with E-state index >= 15 is 0 Å². The molecule has 1 aromatic rings. The molecule has 0 saturated carbocycles. The number of azide groups is 1. The van der Waals surface area contributed by atoms with Crippen molar-refractivity contribution < 1.29 is 4.79 Å². The molecule has 66 valence electrons. The molecule has 0 atom stereocenters. The summed E-state index contributed by atoms with van der Waals surface area (Å²) in [6.07, 6.45) is 0. The van der Waals surface area contributed by atoms with E-state index in [-0.39, 0.29) is 12.3 Å². The number of ketones is 1. The maximum Gasteiger partial charge on any atom is 0.168 e. The topological polar surface area (TPSA) is 65.8 Å². The first-order chi connectivity index (χ1) is 6.24. The van der Waals surface area contributed by atoms with Gasteiger partial charge in [0.15, 0.2) is 5.78 Å². The van der Waals surface area contributed by atoms with Crippen LogP contribution in [0, 0.1) is 6.92 Å². The minimum absolute atomic E-state index is 0.111. The van der Waals surface area contributed by atoms with Crippen LogP contribution in [-0.2, 0) is 0 Å².